The number of benzene rings is 3. The van der Waals surface area contributed by atoms with Gasteiger partial charge in [-0.1, -0.05) is 77.5 Å². The van der Waals surface area contributed by atoms with Crippen LogP contribution in [0.4, 0.5) is 0 Å². The summed E-state index contributed by atoms with van der Waals surface area (Å²) in [5.41, 5.74) is 5.30. The van der Waals surface area contributed by atoms with Crippen LogP contribution in [0.25, 0.3) is 28.5 Å². The van der Waals surface area contributed by atoms with Crippen LogP contribution in [0.3, 0.4) is 0 Å². The minimum absolute atomic E-state index is 0.103. The Hall–Kier alpha value is -3.71. The molecule has 5 aromatic rings. The standard InChI is InChI=1S/C26H23N5OS/c1-17-9-13-21(14-10-17)25-29-28-24(32-25)19(3)33-26-30-27-23(20-7-5-4-6-8-20)31(26)22-15-11-18(2)12-16-22/h4-16,19H,1-3H3. The van der Waals surface area contributed by atoms with Crippen LogP contribution in [0.1, 0.15) is 29.2 Å². The molecule has 2 aromatic heterocycles. The molecule has 7 heteroatoms. The SMILES string of the molecule is Cc1ccc(-c2nnc(C(C)Sc3nnc(-c4ccccc4)n3-c3ccc(C)cc3)o2)cc1. The van der Waals surface area contributed by atoms with E-state index in [-0.39, 0.29) is 5.25 Å². The molecule has 3 aromatic carbocycles. The lowest BCUT2D eigenvalue weighted by Crippen LogP contribution is -2.01. The first kappa shape index (κ1) is 21.2. The third-order valence-corrected chi connectivity index (χ3v) is 6.36. The monoisotopic (exact) mass is 453 g/mol. The van der Waals surface area contributed by atoms with Crippen molar-refractivity contribution in [2.75, 3.05) is 0 Å². The highest BCUT2D eigenvalue weighted by atomic mass is 32.2. The molecule has 0 aliphatic carbocycles. The van der Waals surface area contributed by atoms with Crippen molar-refractivity contribution in [1.82, 2.24) is 25.0 Å². The summed E-state index contributed by atoms with van der Waals surface area (Å²) in [6.45, 7) is 6.16. The van der Waals surface area contributed by atoms with Crippen LogP contribution >= 0.6 is 11.8 Å². The third kappa shape index (κ3) is 4.45. The molecule has 1 unspecified atom stereocenters. The molecule has 0 saturated carbocycles. The van der Waals surface area contributed by atoms with Gasteiger partial charge in [0.2, 0.25) is 11.8 Å². The molecule has 5 rings (SSSR count). The maximum atomic E-state index is 6.00. The second-order valence-corrected chi connectivity index (χ2v) is 9.22. The molecular weight excluding hydrogens is 430 g/mol. The maximum absolute atomic E-state index is 6.00. The number of hydrogen-bond donors (Lipinski definition) is 0. The summed E-state index contributed by atoms with van der Waals surface area (Å²) in [6, 6.07) is 26.5. The predicted octanol–water partition coefficient (Wildman–Crippen LogP) is 6.45. The van der Waals surface area contributed by atoms with Crippen molar-refractivity contribution in [3.8, 4) is 28.5 Å². The van der Waals surface area contributed by atoms with Crippen molar-refractivity contribution in [3.05, 3.63) is 95.9 Å². The van der Waals surface area contributed by atoms with Crippen molar-refractivity contribution in [2.24, 2.45) is 0 Å². The zero-order valence-corrected chi connectivity index (χ0v) is 19.5. The molecule has 6 nitrogen and oxygen atoms in total. The minimum atomic E-state index is -0.103. The van der Waals surface area contributed by atoms with E-state index in [4.69, 9.17) is 4.42 Å². The van der Waals surface area contributed by atoms with E-state index < -0.39 is 0 Å². The summed E-state index contributed by atoms with van der Waals surface area (Å²) < 4.78 is 8.07. The average Bonchev–Trinajstić information content (AvgIpc) is 3.49. The van der Waals surface area contributed by atoms with Gasteiger partial charge in [0.05, 0.1) is 5.25 Å². The van der Waals surface area contributed by atoms with Gasteiger partial charge in [0.1, 0.15) is 0 Å². The molecule has 0 spiro atoms. The molecular formula is C26H23N5OS. The van der Waals surface area contributed by atoms with E-state index in [0.29, 0.717) is 11.8 Å². The van der Waals surface area contributed by atoms with E-state index in [9.17, 15) is 0 Å². The summed E-state index contributed by atoms with van der Waals surface area (Å²) in [4.78, 5) is 0. The summed E-state index contributed by atoms with van der Waals surface area (Å²) in [5, 5.41) is 18.2. The van der Waals surface area contributed by atoms with Gasteiger partial charge in [-0.05, 0) is 45.0 Å². The summed E-state index contributed by atoms with van der Waals surface area (Å²) in [5.74, 6) is 1.86. The van der Waals surface area contributed by atoms with Gasteiger partial charge in [0.15, 0.2) is 11.0 Å². The van der Waals surface area contributed by atoms with Crippen LogP contribution in [0.2, 0.25) is 0 Å². The zero-order valence-electron chi connectivity index (χ0n) is 18.6. The lowest BCUT2D eigenvalue weighted by molar-refractivity contribution is 0.509. The van der Waals surface area contributed by atoms with E-state index in [0.717, 1.165) is 27.8 Å². The van der Waals surface area contributed by atoms with Gasteiger partial charge in [-0.2, -0.15) is 0 Å². The Morgan fingerprint density at radius 2 is 1.39 bits per heavy atom. The van der Waals surface area contributed by atoms with Crippen LogP contribution in [0.15, 0.2) is 88.4 Å². The largest absolute Gasteiger partial charge is 0.419 e. The van der Waals surface area contributed by atoms with Gasteiger partial charge >= 0.3 is 0 Å². The molecule has 0 bridgehead atoms. The number of hydrogen-bond acceptors (Lipinski definition) is 6. The number of rotatable bonds is 6. The van der Waals surface area contributed by atoms with Gasteiger partial charge in [0.25, 0.3) is 0 Å². The first-order chi connectivity index (χ1) is 16.1. The Kier molecular flexibility index (Phi) is 5.79. The van der Waals surface area contributed by atoms with Crippen LogP contribution in [0.5, 0.6) is 0 Å². The molecule has 2 heterocycles. The molecule has 1 atom stereocenters. The highest BCUT2D eigenvalue weighted by molar-refractivity contribution is 7.99. The van der Waals surface area contributed by atoms with Crippen molar-refractivity contribution in [2.45, 2.75) is 31.2 Å². The second kappa shape index (κ2) is 9.03. The highest BCUT2D eigenvalue weighted by Gasteiger charge is 2.22. The summed E-state index contributed by atoms with van der Waals surface area (Å²) in [7, 11) is 0. The molecule has 0 N–H and O–H groups in total. The zero-order chi connectivity index (χ0) is 22.8. The van der Waals surface area contributed by atoms with Crippen LogP contribution in [0, 0.1) is 13.8 Å². The second-order valence-electron chi connectivity index (χ2n) is 7.91. The van der Waals surface area contributed by atoms with Crippen molar-refractivity contribution in [3.63, 3.8) is 0 Å². The quantitative estimate of drug-likeness (QED) is 0.275. The van der Waals surface area contributed by atoms with Crippen molar-refractivity contribution >= 4 is 11.8 Å². The number of thioether (sulfide) groups is 1. The van der Waals surface area contributed by atoms with E-state index in [1.165, 1.54) is 11.1 Å². The Morgan fingerprint density at radius 1 is 0.727 bits per heavy atom. The molecule has 164 valence electrons. The van der Waals surface area contributed by atoms with Gasteiger partial charge in [-0.15, -0.1) is 20.4 Å². The molecule has 0 radical (unpaired) electrons. The van der Waals surface area contributed by atoms with E-state index in [1.54, 1.807) is 11.8 Å². The summed E-state index contributed by atoms with van der Waals surface area (Å²) >= 11 is 1.54. The smallest absolute Gasteiger partial charge is 0.247 e. The average molecular weight is 454 g/mol. The maximum Gasteiger partial charge on any atom is 0.247 e. The van der Waals surface area contributed by atoms with Crippen LogP contribution in [-0.2, 0) is 0 Å². The van der Waals surface area contributed by atoms with Crippen molar-refractivity contribution in [1.29, 1.82) is 0 Å². The normalized spacial score (nSPS) is 12.1. The lowest BCUT2D eigenvalue weighted by atomic mass is 10.1. The number of nitrogens with zero attached hydrogens (tertiary/aromatic N) is 5. The fourth-order valence-corrected chi connectivity index (χ4v) is 4.36. The first-order valence-electron chi connectivity index (χ1n) is 10.7. The van der Waals surface area contributed by atoms with Gasteiger partial charge in [-0.3, -0.25) is 4.57 Å². The minimum Gasteiger partial charge on any atom is -0.419 e. The molecule has 0 saturated heterocycles. The molecule has 0 fully saturated rings. The topological polar surface area (TPSA) is 69.6 Å². The fourth-order valence-electron chi connectivity index (χ4n) is 3.47. The van der Waals surface area contributed by atoms with E-state index in [2.05, 4.69) is 63.1 Å². The predicted molar refractivity (Wildman–Crippen MR) is 130 cm³/mol. The Morgan fingerprint density at radius 3 is 2.09 bits per heavy atom. The Labute approximate surface area is 196 Å². The Balaban J connectivity index is 1.48. The van der Waals surface area contributed by atoms with Gasteiger partial charge < -0.3 is 4.42 Å². The summed E-state index contributed by atoms with van der Waals surface area (Å²) in [6.07, 6.45) is 0. The van der Waals surface area contributed by atoms with Crippen molar-refractivity contribution < 1.29 is 4.42 Å². The van der Waals surface area contributed by atoms with Gasteiger partial charge in [-0.25, -0.2) is 0 Å². The molecule has 0 aliphatic heterocycles. The highest BCUT2D eigenvalue weighted by Crippen LogP contribution is 2.37. The number of aryl methyl sites for hydroxylation is 2. The van der Waals surface area contributed by atoms with E-state index in [1.807, 2.05) is 61.5 Å². The number of aromatic nitrogens is 5. The molecule has 0 amide bonds. The molecule has 33 heavy (non-hydrogen) atoms. The lowest BCUT2D eigenvalue weighted by Gasteiger charge is -2.12. The molecule has 0 aliphatic rings. The van der Waals surface area contributed by atoms with E-state index >= 15 is 0 Å². The first-order valence-corrected chi connectivity index (χ1v) is 11.6. The fraction of sp³-hybridized carbons (Fsp3) is 0.154. The van der Waals surface area contributed by atoms with Crippen LogP contribution < -0.4 is 0 Å². The van der Waals surface area contributed by atoms with Crippen LogP contribution in [-0.4, -0.2) is 25.0 Å². The Bertz CT molecular complexity index is 1360. The van der Waals surface area contributed by atoms with Gasteiger partial charge in [0, 0.05) is 16.8 Å². The third-order valence-electron chi connectivity index (χ3n) is 5.33.